The van der Waals surface area contributed by atoms with Crippen LogP contribution in [0.1, 0.15) is 44.6 Å². The summed E-state index contributed by atoms with van der Waals surface area (Å²) in [5.41, 5.74) is 16.4. The molecule has 0 bridgehead atoms. The van der Waals surface area contributed by atoms with Crippen molar-refractivity contribution in [3.63, 3.8) is 0 Å². The minimum absolute atomic E-state index is 0.0279. The number of rotatable bonds is 12. The molecule has 14 nitrogen and oxygen atoms in total. The van der Waals surface area contributed by atoms with E-state index < -0.39 is 42.6 Å². The van der Waals surface area contributed by atoms with Crippen molar-refractivity contribution in [1.29, 1.82) is 0 Å². The summed E-state index contributed by atoms with van der Waals surface area (Å²) in [5.74, 6) is -3.27. The number of imide groups is 1. The number of nitrogens with two attached hydrogens (primary N) is 2. The van der Waals surface area contributed by atoms with Crippen LogP contribution in [0.15, 0.2) is 102 Å². The maximum Gasteiger partial charge on any atom is 0.410 e. The smallest absolute Gasteiger partial charge is 0.410 e. The first-order valence-electron chi connectivity index (χ1n) is 16.0. The number of aliphatic imine (C=N–C) groups is 1. The second-order valence-corrected chi connectivity index (χ2v) is 11.9. The molecular weight excluding hydrogens is 656 g/mol. The van der Waals surface area contributed by atoms with Crippen LogP contribution in [0.2, 0.25) is 0 Å². The number of hydrogen-bond acceptors (Lipinski definition) is 8. The fraction of sp³-hybridized carbons (Fsp3) is 0.189. The van der Waals surface area contributed by atoms with Gasteiger partial charge < -0.3 is 31.4 Å². The van der Waals surface area contributed by atoms with Crippen LogP contribution in [-0.4, -0.2) is 77.1 Å². The van der Waals surface area contributed by atoms with E-state index in [2.05, 4.69) is 10.3 Å². The van der Waals surface area contributed by atoms with Gasteiger partial charge in [-0.2, -0.15) is 0 Å². The monoisotopic (exact) mass is 690 g/mol. The highest BCUT2D eigenvalue weighted by molar-refractivity contribution is 6.05. The first kappa shape index (κ1) is 34.2. The summed E-state index contributed by atoms with van der Waals surface area (Å²) >= 11 is 0. The Labute approximate surface area is 292 Å². The lowest BCUT2D eigenvalue weighted by molar-refractivity contribution is -0.138. The van der Waals surface area contributed by atoms with Gasteiger partial charge in [-0.3, -0.25) is 19.4 Å². The van der Waals surface area contributed by atoms with Gasteiger partial charge in [-0.05, 0) is 39.9 Å². The van der Waals surface area contributed by atoms with Gasteiger partial charge in [0.1, 0.15) is 25.8 Å². The Morgan fingerprint density at radius 3 is 2.14 bits per heavy atom. The van der Waals surface area contributed by atoms with Gasteiger partial charge in [0.2, 0.25) is 0 Å². The lowest BCUT2D eigenvalue weighted by atomic mass is 9.98. The van der Waals surface area contributed by atoms with Crippen molar-refractivity contribution in [2.24, 2.45) is 16.5 Å². The number of urea groups is 1. The third kappa shape index (κ3) is 7.49. The summed E-state index contributed by atoms with van der Waals surface area (Å²) in [6.07, 6.45) is -0.910. The third-order valence-electron chi connectivity index (χ3n) is 8.58. The summed E-state index contributed by atoms with van der Waals surface area (Å²) in [6.45, 7) is -1.39. The molecule has 1 aliphatic carbocycles. The highest BCUT2D eigenvalue weighted by Gasteiger charge is 2.40. The Hall–Kier alpha value is -6.70. The van der Waals surface area contributed by atoms with E-state index in [0.29, 0.717) is 0 Å². The summed E-state index contributed by atoms with van der Waals surface area (Å²) in [5, 5.41) is 12.1. The molecule has 0 radical (unpaired) electrons. The van der Waals surface area contributed by atoms with Gasteiger partial charge in [0.15, 0.2) is 5.96 Å². The number of ether oxygens (including phenoxy) is 2. The van der Waals surface area contributed by atoms with Crippen molar-refractivity contribution < 1.29 is 38.6 Å². The number of benzene rings is 4. The minimum Gasteiger partial charge on any atom is -0.480 e. The number of carbonyl (C=O) groups is 5. The molecule has 1 aliphatic heterocycles. The Kier molecular flexibility index (Phi) is 9.93. The normalized spacial score (nSPS) is 14.7. The molecule has 1 unspecified atom stereocenters. The molecule has 51 heavy (non-hydrogen) atoms. The number of guanidine groups is 1. The van der Waals surface area contributed by atoms with E-state index in [1.54, 1.807) is 12.1 Å². The first-order valence-corrected chi connectivity index (χ1v) is 16.0. The SMILES string of the molecule is NC(N)=Nc1cc(C(=O)OCc2ccccc2)ccc1C1NC(=O)N(CCN(CC(=O)O)C(=O)OCC2c3ccccc3-c3ccccc32)C1=O. The molecule has 0 spiro atoms. The molecule has 6 N–H and O–H groups in total. The Morgan fingerprint density at radius 2 is 1.49 bits per heavy atom. The molecule has 1 fully saturated rings. The van der Waals surface area contributed by atoms with Gasteiger partial charge in [0.25, 0.3) is 5.91 Å². The number of hydrogen-bond donors (Lipinski definition) is 4. The highest BCUT2D eigenvalue weighted by Crippen LogP contribution is 2.44. The summed E-state index contributed by atoms with van der Waals surface area (Å²) in [4.78, 5) is 70.2. The first-order chi connectivity index (χ1) is 24.6. The van der Waals surface area contributed by atoms with E-state index in [1.807, 2.05) is 66.7 Å². The molecule has 14 heteroatoms. The molecule has 4 aromatic rings. The maximum absolute atomic E-state index is 13.6. The molecular formula is C37H34N6O8. The molecule has 1 saturated heterocycles. The molecule has 1 atom stereocenters. The number of nitrogens with zero attached hydrogens (tertiary/aromatic N) is 3. The highest BCUT2D eigenvalue weighted by atomic mass is 16.6. The van der Waals surface area contributed by atoms with Crippen LogP contribution in [0.4, 0.5) is 15.3 Å². The maximum atomic E-state index is 13.6. The van der Waals surface area contributed by atoms with Crippen LogP contribution in [0.5, 0.6) is 0 Å². The number of esters is 1. The van der Waals surface area contributed by atoms with Crippen LogP contribution >= 0.6 is 0 Å². The van der Waals surface area contributed by atoms with Crippen LogP contribution < -0.4 is 16.8 Å². The number of carboxylic acid groups (broad SMARTS) is 1. The van der Waals surface area contributed by atoms with Gasteiger partial charge in [-0.15, -0.1) is 0 Å². The number of amides is 4. The summed E-state index contributed by atoms with van der Waals surface area (Å²) < 4.78 is 11.0. The number of aliphatic carboxylic acids is 1. The zero-order valence-corrected chi connectivity index (χ0v) is 27.2. The summed E-state index contributed by atoms with van der Waals surface area (Å²) in [6, 6.07) is 26.8. The van der Waals surface area contributed by atoms with Crippen molar-refractivity contribution in [2.75, 3.05) is 26.2 Å². The molecule has 1 heterocycles. The molecule has 2 aliphatic rings. The number of nitrogens with one attached hydrogen (secondary N) is 1. The van der Waals surface area contributed by atoms with Crippen molar-refractivity contribution in [2.45, 2.75) is 18.6 Å². The molecule has 0 saturated carbocycles. The van der Waals surface area contributed by atoms with Crippen LogP contribution in [-0.2, 0) is 25.7 Å². The van der Waals surface area contributed by atoms with Crippen LogP contribution in [0.25, 0.3) is 11.1 Å². The quantitative estimate of drug-likeness (QED) is 0.0730. The molecule has 0 aromatic heterocycles. The fourth-order valence-corrected chi connectivity index (χ4v) is 6.20. The standard InChI is InChI=1S/C37H34N6O8/c38-35(39)40-30-18-23(34(47)50-20-22-8-2-1-3-9-22)14-15-28(30)32-33(46)43(36(48)41-32)17-16-42(19-31(44)45)37(49)51-21-29-26-12-6-4-10-24(26)25-11-5-7-13-27(25)29/h1-15,18,29,32H,16-17,19-21H2,(H,41,48)(H,44,45)(H4,38,39,40). The van der Waals surface area contributed by atoms with Crippen molar-refractivity contribution in [3.8, 4) is 11.1 Å². The number of fused-ring (bicyclic) bond motifs is 3. The van der Waals surface area contributed by atoms with Gasteiger partial charge in [-0.25, -0.2) is 19.4 Å². The predicted octanol–water partition coefficient (Wildman–Crippen LogP) is 3.88. The average Bonchev–Trinajstić information content (AvgIpc) is 3.60. The van der Waals surface area contributed by atoms with Gasteiger partial charge >= 0.3 is 24.1 Å². The van der Waals surface area contributed by atoms with E-state index in [0.717, 1.165) is 37.6 Å². The average molecular weight is 691 g/mol. The van der Waals surface area contributed by atoms with Crippen molar-refractivity contribution >= 4 is 41.6 Å². The van der Waals surface area contributed by atoms with Gasteiger partial charge in [0.05, 0.1) is 11.3 Å². The van der Waals surface area contributed by atoms with Gasteiger partial charge in [0, 0.05) is 24.6 Å². The second kappa shape index (κ2) is 14.8. The van der Waals surface area contributed by atoms with E-state index >= 15 is 0 Å². The summed E-state index contributed by atoms with van der Waals surface area (Å²) in [7, 11) is 0. The van der Waals surface area contributed by atoms with E-state index in [9.17, 15) is 29.1 Å². The van der Waals surface area contributed by atoms with Crippen LogP contribution in [0.3, 0.4) is 0 Å². The van der Waals surface area contributed by atoms with E-state index in [-0.39, 0.29) is 55.0 Å². The third-order valence-corrected chi connectivity index (χ3v) is 8.58. The van der Waals surface area contributed by atoms with Crippen molar-refractivity contribution in [1.82, 2.24) is 15.1 Å². The second-order valence-electron chi connectivity index (χ2n) is 11.9. The predicted molar refractivity (Wildman–Crippen MR) is 185 cm³/mol. The van der Waals surface area contributed by atoms with Crippen LogP contribution in [0, 0.1) is 0 Å². The zero-order valence-electron chi connectivity index (χ0n) is 27.2. The Balaban J connectivity index is 1.13. The zero-order chi connectivity index (χ0) is 36.1. The van der Waals surface area contributed by atoms with E-state index in [4.69, 9.17) is 20.9 Å². The fourth-order valence-electron chi connectivity index (χ4n) is 6.20. The molecule has 4 aromatic carbocycles. The minimum atomic E-state index is -1.30. The lowest BCUT2D eigenvalue weighted by Gasteiger charge is -2.24. The van der Waals surface area contributed by atoms with Crippen molar-refractivity contribution in [3.05, 3.63) is 125 Å². The Bertz CT molecular complexity index is 1980. The van der Waals surface area contributed by atoms with Gasteiger partial charge in [-0.1, -0.05) is 84.9 Å². The number of carbonyl (C=O) groups excluding carboxylic acids is 4. The largest absolute Gasteiger partial charge is 0.480 e. The molecule has 6 rings (SSSR count). The molecule has 260 valence electrons. The number of carboxylic acids is 1. The molecule has 4 amide bonds. The topological polar surface area (TPSA) is 207 Å². The lowest BCUT2D eigenvalue weighted by Crippen LogP contribution is -2.43. The Morgan fingerprint density at radius 1 is 0.843 bits per heavy atom. The van der Waals surface area contributed by atoms with E-state index in [1.165, 1.54) is 18.2 Å².